The Kier molecular flexibility index (Phi) is 5.34. The average Bonchev–Trinajstić information content (AvgIpc) is 2.89. The number of carbonyl (C=O) groups excluding carboxylic acids is 2. The first-order valence-corrected chi connectivity index (χ1v) is 10.6. The lowest BCUT2D eigenvalue weighted by Crippen LogP contribution is -2.27. The third-order valence-corrected chi connectivity index (χ3v) is 6.00. The number of nitrogens with zero attached hydrogens (tertiary/aromatic N) is 2. The minimum absolute atomic E-state index is 0.00696. The van der Waals surface area contributed by atoms with Crippen molar-refractivity contribution in [3.05, 3.63) is 74.7 Å². The minimum atomic E-state index is -3.32. The van der Waals surface area contributed by atoms with Gasteiger partial charge in [0.2, 0.25) is 0 Å². The van der Waals surface area contributed by atoms with Gasteiger partial charge in [-0.15, -0.1) is 0 Å². The predicted octanol–water partition coefficient (Wildman–Crippen LogP) is 3.23. The van der Waals surface area contributed by atoms with Gasteiger partial charge in [0.1, 0.15) is 0 Å². The largest absolute Gasteiger partial charge is 0.293 e. The van der Waals surface area contributed by atoms with Gasteiger partial charge in [0.05, 0.1) is 21.3 Å². The van der Waals surface area contributed by atoms with Gasteiger partial charge >= 0.3 is 0 Å². The molecule has 2 amide bonds. The molecule has 0 aromatic heterocycles. The summed E-state index contributed by atoms with van der Waals surface area (Å²) < 4.78 is 23.0. The Labute approximate surface area is 164 Å². The number of rotatable bonds is 5. The first kappa shape index (κ1) is 19.8. The van der Waals surface area contributed by atoms with Crippen molar-refractivity contribution >= 4 is 44.5 Å². The van der Waals surface area contributed by atoms with E-state index in [4.69, 9.17) is 0 Å². The van der Waals surface area contributed by atoms with Crippen molar-refractivity contribution in [2.75, 3.05) is 6.26 Å². The second-order valence-corrected chi connectivity index (χ2v) is 9.04. The minimum Gasteiger partial charge on any atom is -0.268 e. The van der Waals surface area contributed by atoms with Crippen LogP contribution in [0.4, 0.5) is 10.5 Å². The Hall–Kier alpha value is -2.98. The molecule has 0 aliphatic carbocycles. The molecule has 0 bridgehead atoms. The van der Waals surface area contributed by atoms with Crippen LogP contribution in [0.15, 0.2) is 58.3 Å². The van der Waals surface area contributed by atoms with Crippen LogP contribution in [0.1, 0.15) is 11.1 Å². The standard InChI is InChI=1S/C18H14N2O6S2/c1-28(25,26)15-8-4-12(5-9-15)10-16-17(21)19(18(22)27-16)11-13-2-6-14(7-3-13)20(23)24/h2-10H,11H2,1H3. The molecule has 2 aromatic rings. The van der Waals surface area contributed by atoms with Crippen LogP contribution in [-0.4, -0.2) is 35.6 Å². The highest BCUT2D eigenvalue weighted by Crippen LogP contribution is 2.33. The highest BCUT2D eigenvalue weighted by Gasteiger charge is 2.35. The van der Waals surface area contributed by atoms with Gasteiger partial charge in [0.15, 0.2) is 9.84 Å². The number of thioether (sulfide) groups is 1. The number of nitro groups is 1. The van der Waals surface area contributed by atoms with E-state index in [2.05, 4.69) is 0 Å². The Bertz CT molecular complexity index is 1090. The van der Waals surface area contributed by atoms with E-state index in [1.54, 1.807) is 12.1 Å². The third kappa shape index (κ3) is 4.29. The van der Waals surface area contributed by atoms with Crippen molar-refractivity contribution in [1.82, 2.24) is 4.90 Å². The van der Waals surface area contributed by atoms with Gasteiger partial charge in [-0.3, -0.25) is 24.6 Å². The van der Waals surface area contributed by atoms with Gasteiger partial charge in [-0.05, 0) is 41.1 Å². The molecule has 8 nitrogen and oxygen atoms in total. The first-order chi connectivity index (χ1) is 13.1. The lowest BCUT2D eigenvalue weighted by atomic mass is 10.2. The lowest BCUT2D eigenvalue weighted by Gasteiger charge is -2.12. The van der Waals surface area contributed by atoms with Crippen molar-refractivity contribution in [1.29, 1.82) is 0 Å². The van der Waals surface area contributed by atoms with Crippen molar-refractivity contribution in [3.63, 3.8) is 0 Å². The van der Waals surface area contributed by atoms with Crippen LogP contribution in [-0.2, 0) is 21.2 Å². The van der Waals surface area contributed by atoms with E-state index in [-0.39, 0.29) is 22.0 Å². The molecule has 1 heterocycles. The number of amides is 2. The second kappa shape index (κ2) is 7.56. The summed E-state index contributed by atoms with van der Waals surface area (Å²) in [5, 5.41) is 10.3. The fraction of sp³-hybridized carbons (Fsp3) is 0.111. The van der Waals surface area contributed by atoms with Crippen LogP contribution in [0.25, 0.3) is 6.08 Å². The molecule has 1 aliphatic rings. The Morgan fingerprint density at radius 1 is 1.07 bits per heavy atom. The van der Waals surface area contributed by atoms with E-state index in [1.807, 2.05) is 0 Å². The molecular weight excluding hydrogens is 404 g/mol. The van der Waals surface area contributed by atoms with Crippen molar-refractivity contribution in [2.45, 2.75) is 11.4 Å². The third-order valence-electron chi connectivity index (χ3n) is 3.97. The van der Waals surface area contributed by atoms with Crippen LogP contribution < -0.4 is 0 Å². The molecule has 1 aliphatic heterocycles. The lowest BCUT2D eigenvalue weighted by molar-refractivity contribution is -0.384. The summed E-state index contributed by atoms with van der Waals surface area (Å²) in [5.74, 6) is -0.472. The zero-order valence-corrected chi connectivity index (χ0v) is 16.2. The number of sulfone groups is 1. The van der Waals surface area contributed by atoms with Gasteiger partial charge in [-0.25, -0.2) is 8.42 Å². The molecule has 0 saturated carbocycles. The molecule has 144 valence electrons. The Balaban J connectivity index is 1.77. The van der Waals surface area contributed by atoms with Crippen LogP contribution in [0.2, 0.25) is 0 Å². The maximum atomic E-state index is 12.5. The van der Waals surface area contributed by atoms with E-state index >= 15 is 0 Å². The average molecular weight is 418 g/mol. The van der Waals surface area contributed by atoms with Gasteiger partial charge in [0.25, 0.3) is 16.8 Å². The zero-order chi connectivity index (χ0) is 20.5. The summed E-state index contributed by atoms with van der Waals surface area (Å²) in [5.41, 5.74) is 1.11. The molecule has 0 radical (unpaired) electrons. The number of benzene rings is 2. The molecule has 0 N–H and O–H groups in total. The number of hydrogen-bond acceptors (Lipinski definition) is 7. The SMILES string of the molecule is CS(=O)(=O)c1ccc(C=C2SC(=O)N(Cc3ccc([N+](=O)[O-])cc3)C2=O)cc1. The molecule has 1 fully saturated rings. The van der Waals surface area contributed by atoms with E-state index in [9.17, 15) is 28.1 Å². The monoisotopic (exact) mass is 418 g/mol. The zero-order valence-electron chi connectivity index (χ0n) is 14.6. The molecule has 0 unspecified atom stereocenters. The maximum Gasteiger partial charge on any atom is 0.293 e. The van der Waals surface area contributed by atoms with Crippen LogP contribution in [0.3, 0.4) is 0 Å². The van der Waals surface area contributed by atoms with Gasteiger partial charge in [0, 0.05) is 18.4 Å². The Morgan fingerprint density at radius 2 is 1.68 bits per heavy atom. The molecule has 28 heavy (non-hydrogen) atoms. The number of nitro benzene ring substituents is 1. The van der Waals surface area contributed by atoms with E-state index in [0.29, 0.717) is 11.1 Å². The van der Waals surface area contributed by atoms with Crippen molar-refractivity contribution < 1.29 is 22.9 Å². The second-order valence-electron chi connectivity index (χ2n) is 6.03. The number of hydrogen-bond donors (Lipinski definition) is 0. The highest BCUT2D eigenvalue weighted by molar-refractivity contribution is 8.18. The summed E-state index contributed by atoms with van der Waals surface area (Å²) in [6.45, 7) is 0.00696. The van der Waals surface area contributed by atoms with E-state index in [1.165, 1.54) is 42.5 Å². The normalized spacial score (nSPS) is 16.0. The maximum absolute atomic E-state index is 12.5. The topological polar surface area (TPSA) is 115 Å². The van der Waals surface area contributed by atoms with Gasteiger partial charge in [-0.2, -0.15) is 0 Å². The predicted molar refractivity (Wildman–Crippen MR) is 104 cm³/mol. The molecule has 3 rings (SSSR count). The summed E-state index contributed by atoms with van der Waals surface area (Å²) in [6.07, 6.45) is 2.62. The first-order valence-electron chi connectivity index (χ1n) is 7.94. The van der Waals surface area contributed by atoms with E-state index in [0.717, 1.165) is 22.9 Å². The fourth-order valence-corrected chi connectivity index (χ4v) is 3.97. The Morgan fingerprint density at radius 3 is 2.21 bits per heavy atom. The van der Waals surface area contributed by atoms with Crippen molar-refractivity contribution in [2.24, 2.45) is 0 Å². The molecule has 1 saturated heterocycles. The number of carbonyl (C=O) groups is 2. The number of imide groups is 1. The highest BCUT2D eigenvalue weighted by atomic mass is 32.2. The van der Waals surface area contributed by atoms with Crippen LogP contribution >= 0.6 is 11.8 Å². The van der Waals surface area contributed by atoms with E-state index < -0.39 is 25.9 Å². The summed E-state index contributed by atoms with van der Waals surface area (Å²) >= 11 is 0.786. The molecule has 2 aromatic carbocycles. The fourth-order valence-electron chi connectivity index (χ4n) is 2.50. The molecule has 0 spiro atoms. The quantitative estimate of drug-likeness (QED) is 0.416. The van der Waals surface area contributed by atoms with Crippen LogP contribution in [0, 0.1) is 10.1 Å². The molecule has 0 atom stereocenters. The van der Waals surface area contributed by atoms with Crippen molar-refractivity contribution in [3.8, 4) is 0 Å². The molecular formula is C18H14N2O6S2. The summed E-state index contributed by atoms with van der Waals surface area (Å²) in [7, 11) is -3.32. The van der Waals surface area contributed by atoms with Gasteiger partial charge < -0.3 is 0 Å². The summed E-state index contributed by atoms with van der Waals surface area (Å²) in [6, 6.07) is 11.6. The molecule has 10 heteroatoms. The summed E-state index contributed by atoms with van der Waals surface area (Å²) in [4.78, 5) is 36.3. The smallest absolute Gasteiger partial charge is 0.268 e. The van der Waals surface area contributed by atoms with Crippen LogP contribution in [0.5, 0.6) is 0 Å². The number of non-ortho nitro benzene ring substituents is 1. The van der Waals surface area contributed by atoms with Gasteiger partial charge in [-0.1, -0.05) is 24.3 Å².